The molecule has 2 aromatic rings. The first-order valence-corrected chi connectivity index (χ1v) is 6.69. The van der Waals surface area contributed by atoms with Gasteiger partial charge in [0.1, 0.15) is 5.75 Å². The van der Waals surface area contributed by atoms with Crippen LogP contribution in [0.4, 0.5) is 4.39 Å². The number of halogens is 2. The van der Waals surface area contributed by atoms with E-state index in [-0.39, 0.29) is 11.6 Å². The highest BCUT2D eigenvalue weighted by Gasteiger charge is 2.07. The lowest BCUT2D eigenvalue weighted by atomic mass is 10.1. The summed E-state index contributed by atoms with van der Waals surface area (Å²) in [5, 5.41) is 0. The average Bonchev–Trinajstić information content (AvgIpc) is 2.35. The number of ether oxygens (including phenoxy) is 1. The average molecular weight is 357 g/mol. The van der Waals surface area contributed by atoms with Crippen molar-refractivity contribution in [2.24, 2.45) is 5.73 Å². The first kappa shape index (κ1) is 13.3. The van der Waals surface area contributed by atoms with Crippen LogP contribution in [-0.4, -0.2) is 6.54 Å². The summed E-state index contributed by atoms with van der Waals surface area (Å²) in [6.45, 7) is 0.510. The SMILES string of the molecule is NCCc1ccc(Oc2ccccc2I)c(F)c1. The molecule has 2 aromatic carbocycles. The van der Waals surface area contributed by atoms with Crippen LogP contribution in [0, 0.1) is 9.39 Å². The van der Waals surface area contributed by atoms with Crippen molar-refractivity contribution in [3.8, 4) is 11.5 Å². The van der Waals surface area contributed by atoms with Crippen molar-refractivity contribution in [1.82, 2.24) is 0 Å². The Kier molecular flexibility index (Phi) is 4.54. The van der Waals surface area contributed by atoms with Crippen LogP contribution >= 0.6 is 22.6 Å². The number of hydrogen-bond donors (Lipinski definition) is 1. The summed E-state index contributed by atoms with van der Waals surface area (Å²) in [6.07, 6.45) is 0.667. The molecule has 0 heterocycles. The quantitative estimate of drug-likeness (QED) is 0.847. The summed E-state index contributed by atoms with van der Waals surface area (Å²) in [5.41, 5.74) is 6.32. The molecule has 0 aliphatic rings. The van der Waals surface area contributed by atoms with Crippen molar-refractivity contribution in [3.05, 3.63) is 57.4 Å². The maximum Gasteiger partial charge on any atom is 0.165 e. The molecular formula is C14H13FINO. The molecule has 0 amide bonds. The van der Waals surface area contributed by atoms with Crippen LogP contribution in [0.5, 0.6) is 11.5 Å². The molecule has 0 aliphatic carbocycles. The van der Waals surface area contributed by atoms with Gasteiger partial charge in [-0.25, -0.2) is 4.39 Å². The van der Waals surface area contributed by atoms with E-state index in [2.05, 4.69) is 22.6 Å². The number of para-hydroxylation sites is 1. The van der Waals surface area contributed by atoms with Crippen LogP contribution in [0.2, 0.25) is 0 Å². The van der Waals surface area contributed by atoms with Gasteiger partial charge in [0, 0.05) is 0 Å². The maximum atomic E-state index is 13.8. The summed E-state index contributed by atoms with van der Waals surface area (Å²) in [4.78, 5) is 0. The highest BCUT2D eigenvalue weighted by Crippen LogP contribution is 2.28. The Morgan fingerprint density at radius 2 is 1.89 bits per heavy atom. The maximum absolute atomic E-state index is 13.8. The largest absolute Gasteiger partial charge is 0.453 e. The van der Waals surface area contributed by atoms with Crippen molar-refractivity contribution >= 4 is 22.6 Å². The topological polar surface area (TPSA) is 35.2 Å². The minimum atomic E-state index is -0.361. The second-order valence-electron chi connectivity index (χ2n) is 3.84. The van der Waals surface area contributed by atoms with E-state index in [1.165, 1.54) is 6.07 Å². The fourth-order valence-corrected chi connectivity index (χ4v) is 2.09. The number of rotatable bonds is 4. The number of hydrogen-bond acceptors (Lipinski definition) is 2. The van der Waals surface area contributed by atoms with E-state index in [0.29, 0.717) is 18.7 Å². The van der Waals surface area contributed by atoms with Crippen LogP contribution in [0.1, 0.15) is 5.56 Å². The van der Waals surface area contributed by atoms with E-state index in [4.69, 9.17) is 10.5 Å². The van der Waals surface area contributed by atoms with E-state index < -0.39 is 0 Å². The molecule has 0 fully saturated rings. The molecule has 0 aromatic heterocycles. The van der Waals surface area contributed by atoms with Crippen LogP contribution in [-0.2, 0) is 6.42 Å². The van der Waals surface area contributed by atoms with Gasteiger partial charge in [-0.3, -0.25) is 0 Å². The van der Waals surface area contributed by atoms with Gasteiger partial charge in [-0.05, 0) is 65.4 Å². The van der Waals surface area contributed by atoms with Crippen LogP contribution < -0.4 is 10.5 Å². The van der Waals surface area contributed by atoms with E-state index in [1.54, 1.807) is 6.07 Å². The smallest absolute Gasteiger partial charge is 0.165 e. The molecule has 2 nitrogen and oxygen atoms in total. The molecule has 94 valence electrons. The lowest BCUT2D eigenvalue weighted by Gasteiger charge is -2.09. The van der Waals surface area contributed by atoms with Crippen LogP contribution in [0.15, 0.2) is 42.5 Å². The van der Waals surface area contributed by atoms with Gasteiger partial charge in [-0.2, -0.15) is 0 Å². The van der Waals surface area contributed by atoms with Crippen molar-refractivity contribution in [3.63, 3.8) is 0 Å². The van der Waals surface area contributed by atoms with E-state index in [9.17, 15) is 4.39 Å². The summed E-state index contributed by atoms with van der Waals surface area (Å²) in [7, 11) is 0. The predicted octanol–water partition coefficient (Wildman–Crippen LogP) is 3.72. The minimum Gasteiger partial charge on any atom is -0.453 e. The molecular weight excluding hydrogens is 344 g/mol. The molecule has 0 saturated heterocycles. The summed E-state index contributed by atoms with van der Waals surface area (Å²) >= 11 is 2.15. The Morgan fingerprint density at radius 3 is 2.56 bits per heavy atom. The highest BCUT2D eigenvalue weighted by molar-refractivity contribution is 14.1. The number of benzene rings is 2. The minimum absolute atomic E-state index is 0.236. The fourth-order valence-electron chi connectivity index (χ4n) is 1.60. The van der Waals surface area contributed by atoms with Gasteiger partial charge < -0.3 is 10.5 Å². The lowest BCUT2D eigenvalue weighted by Crippen LogP contribution is -2.03. The van der Waals surface area contributed by atoms with Crippen molar-refractivity contribution < 1.29 is 9.13 Å². The molecule has 2 N–H and O–H groups in total. The molecule has 0 saturated carbocycles. The Balaban J connectivity index is 2.22. The standard InChI is InChI=1S/C14H13FINO/c15-11-9-10(7-8-17)5-6-13(11)18-14-4-2-1-3-12(14)16/h1-6,9H,7-8,17H2. The van der Waals surface area contributed by atoms with Gasteiger partial charge in [0.25, 0.3) is 0 Å². The molecule has 4 heteroatoms. The van der Waals surface area contributed by atoms with Gasteiger partial charge >= 0.3 is 0 Å². The van der Waals surface area contributed by atoms with Gasteiger partial charge in [0.15, 0.2) is 11.6 Å². The third-order valence-corrected chi connectivity index (χ3v) is 3.38. The van der Waals surface area contributed by atoms with Gasteiger partial charge in [-0.1, -0.05) is 18.2 Å². The molecule has 18 heavy (non-hydrogen) atoms. The van der Waals surface area contributed by atoms with Crippen molar-refractivity contribution in [2.45, 2.75) is 6.42 Å². The summed E-state index contributed by atoms with van der Waals surface area (Å²) in [6, 6.07) is 12.4. The van der Waals surface area contributed by atoms with Gasteiger partial charge in [0.05, 0.1) is 3.57 Å². The third kappa shape index (κ3) is 3.20. The lowest BCUT2D eigenvalue weighted by molar-refractivity contribution is 0.439. The third-order valence-electron chi connectivity index (χ3n) is 2.49. The monoisotopic (exact) mass is 357 g/mol. The molecule has 2 rings (SSSR count). The van der Waals surface area contributed by atoms with Crippen LogP contribution in [0.25, 0.3) is 0 Å². The Bertz CT molecular complexity index is 545. The zero-order valence-corrected chi connectivity index (χ0v) is 11.9. The molecule has 0 atom stereocenters. The van der Waals surface area contributed by atoms with Gasteiger partial charge in [0.2, 0.25) is 0 Å². The Labute approximate surface area is 119 Å². The first-order valence-electron chi connectivity index (χ1n) is 5.61. The molecule has 0 aliphatic heterocycles. The molecule has 0 bridgehead atoms. The first-order chi connectivity index (χ1) is 8.70. The predicted molar refractivity (Wildman–Crippen MR) is 78.4 cm³/mol. The normalized spacial score (nSPS) is 10.4. The van der Waals surface area contributed by atoms with Crippen LogP contribution in [0.3, 0.4) is 0 Å². The van der Waals surface area contributed by atoms with Gasteiger partial charge in [-0.15, -0.1) is 0 Å². The van der Waals surface area contributed by atoms with E-state index in [1.807, 2.05) is 30.3 Å². The van der Waals surface area contributed by atoms with E-state index in [0.717, 1.165) is 9.13 Å². The summed E-state index contributed by atoms with van der Waals surface area (Å²) < 4.78 is 20.3. The summed E-state index contributed by atoms with van der Waals surface area (Å²) in [5.74, 6) is 0.532. The number of nitrogens with two attached hydrogens (primary N) is 1. The van der Waals surface area contributed by atoms with E-state index >= 15 is 0 Å². The second-order valence-corrected chi connectivity index (χ2v) is 5.00. The van der Waals surface area contributed by atoms with Crippen molar-refractivity contribution in [2.75, 3.05) is 6.54 Å². The second kappa shape index (κ2) is 6.15. The molecule has 0 unspecified atom stereocenters. The fraction of sp³-hybridized carbons (Fsp3) is 0.143. The Hall–Kier alpha value is -1.14. The zero-order chi connectivity index (χ0) is 13.0. The van der Waals surface area contributed by atoms with Crippen molar-refractivity contribution in [1.29, 1.82) is 0 Å². The zero-order valence-electron chi connectivity index (χ0n) is 9.70. The molecule has 0 radical (unpaired) electrons. The highest BCUT2D eigenvalue weighted by atomic mass is 127. The Morgan fingerprint density at radius 1 is 1.11 bits per heavy atom. The molecule has 0 spiro atoms.